The zero-order valence-corrected chi connectivity index (χ0v) is 17.8. The van der Waals surface area contributed by atoms with Gasteiger partial charge in [-0.2, -0.15) is 0 Å². The summed E-state index contributed by atoms with van der Waals surface area (Å²) < 4.78 is 33.1. The van der Waals surface area contributed by atoms with E-state index >= 15 is 0 Å². The monoisotopic (exact) mass is 433 g/mol. The van der Waals surface area contributed by atoms with E-state index in [1.165, 1.54) is 12.1 Å². The van der Waals surface area contributed by atoms with E-state index in [1.54, 1.807) is 51.1 Å². The fourth-order valence-electron chi connectivity index (χ4n) is 3.46. The first-order valence-electron chi connectivity index (χ1n) is 9.45. The van der Waals surface area contributed by atoms with E-state index in [0.29, 0.717) is 38.3 Å². The summed E-state index contributed by atoms with van der Waals surface area (Å²) in [5, 5.41) is 10.9. The highest BCUT2D eigenvalue weighted by Crippen LogP contribution is 2.40. The van der Waals surface area contributed by atoms with Crippen LogP contribution in [0.15, 0.2) is 42.5 Å². The van der Waals surface area contributed by atoms with Gasteiger partial charge in [0, 0.05) is 34.2 Å². The first-order chi connectivity index (χ1) is 14.0. The lowest BCUT2D eigenvalue weighted by molar-refractivity contribution is -0.153. The number of ether oxygens (including phenoxy) is 1. The molecule has 2 aromatic carbocycles. The van der Waals surface area contributed by atoms with Crippen LogP contribution in [0.2, 0.25) is 5.02 Å². The highest BCUT2D eigenvalue weighted by Gasteiger charge is 2.30. The van der Waals surface area contributed by atoms with Gasteiger partial charge in [0.15, 0.2) is 6.10 Å². The van der Waals surface area contributed by atoms with E-state index in [4.69, 9.17) is 16.3 Å². The number of aryl methyl sites for hydroxylation is 1. The van der Waals surface area contributed by atoms with Crippen LogP contribution in [-0.2, 0) is 15.5 Å². The van der Waals surface area contributed by atoms with Crippen molar-refractivity contribution in [2.24, 2.45) is 0 Å². The number of nitrogens with zero attached hydrogens (tertiary/aromatic N) is 1. The van der Waals surface area contributed by atoms with Crippen LogP contribution < -0.4 is 0 Å². The molecule has 1 atom stereocenters. The highest BCUT2D eigenvalue weighted by atomic mass is 35.5. The summed E-state index contributed by atoms with van der Waals surface area (Å²) in [4.78, 5) is 16.6. The summed E-state index contributed by atoms with van der Waals surface area (Å²) in [5.41, 5.74) is 2.48. The normalized spacial score (nSPS) is 13.1. The number of carbonyl (C=O) groups is 1. The van der Waals surface area contributed by atoms with Gasteiger partial charge in [0.2, 0.25) is 0 Å². The second-order valence-corrected chi connectivity index (χ2v) is 7.95. The molecule has 0 radical (unpaired) electrons. The molecule has 0 bridgehead atoms. The lowest BCUT2D eigenvalue weighted by Gasteiger charge is -2.23. The molecule has 4 nitrogen and oxygen atoms in total. The summed E-state index contributed by atoms with van der Waals surface area (Å²) in [5.74, 6) is -4.14. The molecule has 0 amide bonds. The van der Waals surface area contributed by atoms with Crippen LogP contribution in [-0.4, -0.2) is 22.2 Å². The average Bonchev–Trinajstić information content (AvgIpc) is 2.65. The Bertz CT molecular complexity index is 1090. The maximum Gasteiger partial charge on any atom is 0.337 e. The molecule has 0 saturated carbocycles. The summed E-state index contributed by atoms with van der Waals surface area (Å²) >= 11 is 6.21. The minimum absolute atomic E-state index is 0.130. The number of aromatic nitrogens is 1. The highest BCUT2D eigenvalue weighted by molar-refractivity contribution is 6.31. The third kappa shape index (κ3) is 4.45. The number of carboxylic acid groups (broad SMARTS) is 1. The topological polar surface area (TPSA) is 59.4 Å². The average molecular weight is 434 g/mol. The van der Waals surface area contributed by atoms with Gasteiger partial charge in [0.05, 0.1) is 11.6 Å². The third-order valence-electron chi connectivity index (χ3n) is 4.75. The quantitative estimate of drug-likeness (QED) is 0.480. The zero-order chi connectivity index (χ0) is 22.2. The summed E-state index contributed by atoms with van der Waals surface area (Å²) in [6.45, 7) is 6.03. The molecule has 7 heteroatoms. The van der Waals surface area contributed by atoms with Crippen LogP contribution in [0.1, 0.15) is 43.7 Å². The molecule has 1 aromatic heterocycles. The van der Waals surface area contributed by atoms with Gasteiger partial charge in [0.25, 0.3) is 5.92 Å². The molecule has 3 aromatic rings. The number of hydrogen-bond donors (Lipinski definition) is 1. The van der Waals surface area contributed by atoms with Crippen LogP contribution in [0.5, 0.6) is 0 Å². The fourth-order valence-corrected chi connectivity index (χ4v) is 3.63. The number of hydrogen-bond acceptors (Lipinski definition) is 3. The number of rotatable bonds is 6. The molecule has 0 aliphatic heterocycles. The van der Waals surface area contributed by atoms with Crippen LogP contribution in [0, 0.1) is 6.92 Å². The predicted octanol–water partition coefficient (Wildman–Crippen LogP) is 6.53. The van der Waals surface area contributed by atoms with Crippen molar-refractivity contribution in [1.29, 1.82) is 0 Å². The summed E-state index contributed by atoms with van der Waals surface area (Å²) in [7, 11) is 0. The first kappa shape index (κ1) is 22.1. The van der Waals surface area contributed by atoms with Crippen LogP contribution in [0.3, 0.4) is 0 Å². The van der Waals surface area contributed by atoms with E-state index < -0.39 is 18.0 Å². The molecule has 3 rings (SSSR count). The van der Waals surface area contributed by atoms with Crippen LogP contribution >= 0.6 is 11.6 Å². The van der Waals surface area contributed by atoms with E-state index in [-0.39, 0.29) is 11.7 Å². The number of pyridine rings is 1. The van der Waals surface area contributed by atoms with Crippen molar-refractivity contribution >= 4 is 28.5 Å². The van der Waals surface area contributed by atoms with Gasteiger partial charge >= 0.3 is 5.97 Å². The van der Waals surface area contributed by atoms with Gasteiger partial charge in [-0.05, 0) is 50.1 Å². The Balaban J connectivity index is 2.36. The van der Waals surface area contributed by atoms with Gasteiger partial charge in [0.1, 0.15) is 0 Å². The van der Waals surface area contributed by atoms with Crippen molar-refractivity contribution in [3.63, 3.8) is 0 Å². The molecule has 1 unspecified atom stereocenters. The van der Waals surface area contributed by atoms with Crippen molar-refractivity contribution in [3.8, 4) is 11.1 Å². The number of fused-ring (bicyclic) bond motifs is 1. The molecule has 0 aliphatic rings. The van der Waals surface area contributed by atoms with Gasteiger partial charge in [-0.25, -0.2) is 13.6 Å². The smallest absolute Gasteiger partial charge is 0.337 e. The van der Waals surface area contributed by atoms with Crippen molar-refractivity contribution in [2.75, 3.05) is 0 Å². The Morgan fingerprint density at radius 2 is 1.80 bits per heavy atom. The van der Waals surface area contributed by atoms with E-state index in [1.807, 2.05) is 0 Å². The number of benzene rings is 2. The second kappa shape index (κ2) is 8.28. The Morgan fingerprint density at radius 1 is 1.17 bits per heavy atom. The Morgan fingerprint density at radius 3 is 2.33 bits per heavy atom. The van der Waals surface area contributed by atoms with Crippen LogP contribution in [0.25, 0.3) is 22.0 Å². The Hall–Kier alpha value is -2.57. The van der Waals surface area contributed by atoms with Crippen molar-refractivity contribution in [2.45, 2.75) is 45.8 Å². The lowest BCUT2D eigenvalue weighted by Crippen LogP contribution is -2.21. The maximum absolute atomic E-state index is 13.7. The first-order valence-corrected chi connectivity index (χ1v) is 9.83. The maximum atomic E-state index is 13.7. The lowest BCUT2D eigenvalue weighted by atomic mass is 9.90. The second-order valence-electron chi connectivity index (χ2n) is 7.52. The van der Waals surface area contributed by atoms with Gasteiger partial charge in [-0.15, -0.1) is 0 Å². The molecule has 0 aliphatic carbocycles. The van der Waals surface area contributed by atoms with E-state index in [0.717, 1.165) is 6.92 Å². The number of halogens is 3. The Kier molecular flexibility index (Phi) is 6.11. The molecule has 0 fully saturated rings. The minimum atomic E-state index is -2.98. The van der Waals surface area contributed by atoms with Gasteiger partial charge < -0.3 is 9.84 Å². The minimum Gasteiger partial charge on any atom is -0.479 e. The van der Waals surface area contributed by atoms with Crippen molar-refractivity contribution in [1.82, 2.24) is 4.98 Å². The van der Waals surface area contributed by atoms with Gasteiger partial charge in [-0.1, -0.05) is 35.9 Å². The largest absolute Gasteiger partial charge is 0.479 e. The standard InChI is InChI=1S/C23H22ClF2NO3/c1-12(2)30-21(22(28)29)19-13(3)27-18-10-9-16(24)11-17(18)20(19)14-5-7-15(8-6-14)23(4,25)26/h5-12,21H,1-4H3,(H,28,29). The molecule has 158 valence electrons. The van der Waals surface area contributed by atoms with Crippen LogP contribution in [0.4, 0.5) is 8.78 Å². The molecule has 1 heterocycles. The fraction of sp³-hybridized carbons (Fsp3) is 0.304. The summed E-state index contributed by atoms with van der Waals surface area (Å²) in [6, 6.07) is 10.9. The number of aliphatic carboxylic acids is 1. The van der Waals surface area contributed by atoms with Crippen molar-refractivity contribution < 1.29 is 23.4 Å². The molecule has 0 spiro atoms. The number of alkyl halides is 2. The summed E-state index contributed by atoms with van der Waals surface area (Å²) in [6.07, 6.45) is -1.63. The van der Waals surface area contributed by atoms with E-state index in [2.05, 4.69) is 4.98 Å². The Labute approximate surface area is 178 Å². The molecular weight excluding hydrogens is 412 g/mol. The van der Waals surface area contributed by atoms with Gasteiger partial charge in [-0.3, -0.25) is 4.98 Å². The molecule has 0 saturated heterocycles. The SMILES string of the molecule is Cc1nc2ccc(Cl)cc2c(-c2ccc(C(C)(F)F)cc2)c1C(OC(C)C)C(=O)O. The predicted molar refractivity (Wildman–Crippen MR) is 113 cm³/mol. The zero-order valence-electron chi connectivity index (χ0n) is 17.0. The van der Waals surface area contributed by atoms with E-state index in [9.17, 15) is 18.7 Å². The van der Waals surface area contributed by atoms with Crippen molar-refractivity contribution in [3.05, 3.63) is 64.3 Å². The molecule has 1 N–H and O–H groups in total. The third-order valence-corrected chi connectivity index (χ3v) is 4.99. The number of carboxylic acids is 1. The molecular formula is C23H22ClF2NO3. The molecule has 30 heavy (non-hydrogen) atoms.